The summed E-state index contributed by atoms with van der Waals surface area (Å²) in [6.45, 7) is 1.36. The average Bonchev–Trinajstić information content (AvgIpc) is 2.31. The summed E-state index contributed by atoms with van der Waals surface area (Å²) in [4.78, 5) is 0. The van der Waals surface area contributed by atoms with Crippen LogP contribution in [-0.2, 0) is 0 Å². The minimum atomic E-state index is -4.58. The molecule has 0 aromatic heterocycles. The molecular formula is C11H13BrF3N3O. The van der Waals surface area contributed by atoms with Crippen molar-refractivity contribution in [2.75, 3.05) is 11.9 Å². The third-order valence-corrected chi connectivity index (χ3v) is 3.40. The van der Waals surface area contributed by atoms with Crippen LogP contribution in [0.2, 0.25) is 0 Å². The number of hydrogen-bond acceptors (Lipinski definition) is 3. The second kappa shape index (κ2) is 6.14. The van der Waals surface area contributed by atoms with E-state index in [1.807, 2.05) is 6.92 Å². The van der Waals surface area contributed by atoms with E-state index in [4.69, 9.17) is 10.9 Å². The van der Waals surface area contributed by atoms with E-state index in [1.54, 1.807) is 18.2 Å². The standard InChI is InChI=1S/C11H13BrF3N3O/c1-6-2-3-7(4-9(6)12)17-5-8(10(16)18-19)11(13,14)15/h2-4,8,17,19H,5H2,1H3,(H2,16,18). The molecule has 106 valence electrons. The fourth-order valence-corrected chi connectivity index (χ4v) is 1.76. The first-order valence-electron chi connectivity index (χ1n) is 5.30. The van der Waals surface area contributed by atoms with Gasteiger partial charge in [-0.05, 0) is 24.6 Å². The molecule has 0 aliphatic heterocycles. The summed E-state index contributed by atoms with van der Waals surface area (Å²) in [5.41, 5.74) is 6.53. The van der Waals surface area contributed by atoms with Crippen LogP contribution in [0, 0.1) is 12.8 Å². The number of nitrogens with one attached hydrogen (secondary N) is 1. The minimum Gasteiger partial charge on any atom is -0.409 e. The quantitative estimate of drug-likeness (QED) is 0.341. The molecule has 8 heteroatoms. The number of rotatable bonds is 4. The highest BCUT2D eigenvalue weighted by molar-refractivity contribution is 9.10. The lowest BCUT2D eigenvalue weighted by Gasteiger charge is -2.20. The van der Waals surface area contributed by atoms with Crippen molar-refractivity contribution >= 4 is 27.5 Å². The van der Waals surface area contributed by atoms with E-state index >= 15 is 0 Å². The number of aryl methyl sites for hydroxylation is 1. The molecule has 0 spiro atoms. The Morgan fingerprint density at radius 2 is 2.16 bits per heavy atom. The van der Waals surface area contributed by atoms with Crippen molar-refractivity contribution in [1.29, 1.82) is 0 Å². The summed E-state index contributed by atoms with van der Waals surface area (Å²) in [5, 5.41) is 13.4. The lowest BCUT2D eigenvalue weighted by atomic mass is 10.1. The van der Waals surface area contributed by atoms with Crippen LogP contribution in [-0.4, -0.2) is 23.8 Å². The fourth-order valence-electron chi connectivity index (χ4n) is 1.38. The zero-order valence-corrected chi connectivity index (χ0v) is 11.6. The van der Waals surface area contributed by atoms with E-state index in [2.05, 4.69) is 26.4 Å². The number of halogens is 4. The van der Waals surface area contributed by atoms with Crippen LogP contribution in [0.25, 0.3) is 0 Å². The zero-order valence-electron chi connectivity index (χ0n) is 10.0. The maximum atomic E-state index is 12.7. The van der Waals surface area contributed by atoms with E-state index in [-0.39, 0.29) is 0 Å². The van der Waals surface area contributed by atoms with E-state index in [1.165, 1.54) is 0 Å². The maximum absolute atomic E-state index is 12.7. The van der Waals surface area contributed by atoms with Gasteiger partial charge in [0.2, 0.25) is 0 Å². The van der Waals surface area contributed by atoms with Gasteiger partial charge in [-0.2, -0.15) is 13.2 Å². The molecule has 4 nitrogen and oxygen atoms in total. The SMILES string of the molecule is Cc1ccc(NCC(/C(N)=N/O)C(F)(F)F)cc1Br. The molecule has 0 radical (unpaired) electrons. The molecule has 1 rings (SSSR count). The number of nitrogens with two attached hydrogens (primary N) is 1. The minimum absolute atomic E-state index is 0.505. The van der Waals surface area contributed by atoms with Crippen molar-refractivity contribution < 1.29 is 18.4 Å². The number of alkyl halides is 3. The van der Waals surface area contributed by atoms with Gasteiger partial charge in [-0.25, -0.2) is 0 Å². The van der Waals surface area contributed by atoms with Gasteiger partial charge in [0.1, 0.15) is 5.92 Å². The molecule has 0 amide bonds. The van der Waals surface area contributed by atoms with Crippen molar-refractivity contribution in [1.82, 2.24) is 0 Å². The number of oxime groups is 1. The molecule has 1 aromatic carbocycles. The van der Waals surface area contributed by atoms with Crippen LogP contribution < -0.4 is 11.1 Å². The molecule has 1 atom stereocenters. The molecule has 19 heavy (non-hydrogen) atoms. The summed E-state index contributed by atoms with van der Waals surface area (Å²) in [7, 11) is 0. The Bertz CT molecular complexity index is 477. The first kappa shape index (κ1) is 15.6. The highest BCUT2D eigenvalue weighted by Crippen LogP contribution is 2.27. The molecule has 1 aromatic rings. The summed E-state index contributed by atoms with van der Waals surface area (Å²) in [5.74, 6) is -2.91. The second-order valence-corrected chi connectivity index (χ2v) is 4.82. The summed E-state index contributed by atoms with van der Waals surface area (Å²) in [6.07, 6.45) is -4.58. The van der Waals surface area contributed by atoms with Crippen molar-refractivity contribution in [3.05, 3.63) is 28.2 Å². The lowest BCUT2D eigenvalue weighted by Crippen LogP contribution is -2.40. The third kappa shape index (κ3) is 4.30. The number of hydrogen-bond donors (Lipinski definition) is 3. The monoisotopic (exact) mass is 339 g/mol. The van der Waals surface area contributed by atoms with Gasteiger partial charge >= 0.3 is 6.18 Å². The van der Waals surface area contributed by atoms with Gasteiger partial charge in [0.05, 0.1) is 0 Å². The van der Waals surface area contributed by atoms with E-state index < -0.39 is 24.5 Å². The predicted octanol–water partition coefficient (Wildman–Crippen LogP) is 3.09. The van der Waals surface area contributed by atoms with Crippen molar-refractivity contribution in [2.24, 2.45) is 16.8 Å². The van der Waals surface area contributed by atoms with Crippen LogP contribution in [0.1, 0.15) is 5.56 Å². The Labute approximate surface area is 116 Å². The van der Waals surface area contributed by atoms with Crippen LogP contribution in [0.15, 0.2) is 27.8 Å². The highest BCUT2D eigenvalue weighted by Gasteiger charge is 2.42. The lowest BCUT2D eigenvalue weighted by molar-refractivity contribution is -0.152. The second-order valence-electron chi connectivity index (χ2n) is 3.96. The first-order chi connectivity index (χ1) is 8.75. The molecule has 0 saturated carbocycles. The molecule has 0 bridgehead atoms. The van der Waals surface area contributed by atoms with Gasteiger partial charge < -0.3 is 16.3 Å². The predicted molar refractivity (Wildman–Crippen MR) is 70.3 cm³/mol. The van der Waals surface area contributed by atoms with Crippen molar-refractivity contribution in [3.63, 3.8) is 0 Å². The Morgan fingerprint density at radius 3 is 2.63 bits per heavy atom. The summed E-state index contributed by atoms with van der Waals surface area (Å²) >= 11 is 3.28. The van der Waals surface area contributed by atoms with Crippen LogP contribution in [0.4, 0.5) is 18.9 Å². The number of nitrogens with zero attached hydrogens (tertiary/aromatic N) is 1. The van der Waals surface area contributed by atoms with E-state index in [0.717, 1.165) is 10.0 Å². The topological polar surface area (TPSA) is 70.6 Å². The zero-order chi connectivity index (χ0) is 14.6. The highest BCUT2D eigenvalue weighted by atomic mass is 79.9. The van der Waals surface area contributed by atoms with E-state index in [9.17, 15) is 13.2 Å². The summed E-state index contributed by atoms with van der Waals surface area (Å²) < 4.78 is 38.8. The molecular weight excluding hydrogens is 327 g/mol. The van der Waals surface area contributed by atoms with Crippen molar-refractivity contribution in [2.45, 2.75) is 13.1 Å². The first-order valence-corrected chi connectivity index (χ1v) is 6.09. The van der Waals surface area contributed by atoms with Gasteiger partial charge in [0.15, 0.2) is 5.84 Å². The Balaban J connectivity index is 2.79. The van der Waals surface area contributed by atoms with Crippen LogP contribution in [0.3, 0.4) is 0 Å². The maximum Gasteiger partial charge on any atom is 0.400 e. The number of amidine groups is 1. The molecule has 0 saturated heterocycles. The van der Waals surface area contributed by atoms with Crippen molar-refractivity contribution in [3.8, 4) is 0 Å². The van der Waals surface area contributed by atoms with Gasteiger partial charge in [0, 0.05) is 16.7 Å². The molecule has 0 fully saturated rings. The van der Waals surface area contributed by atoms with Crippen LogP contribution >= 0.6 is 15.9 Å². The normalized spacial score (nSPS) is 14.3. The molecule has 4 N–H and O–H groups in total. The van der Waals surface area contributed by atoms with Gasteiger partial charge in [0.25, 0.3) is 0 Å². The molecule has 0 heterocycles. The molecule has 1 unspecified atom stereocenters. The fraction of sp³-hybridized carbons (Fsp3) is 0.364. The number of benzene rings is 1. The Hall–Kier alpha value is -1.44. The average molecular weight is 340 g/mol. The van der Waals surface area contributed by atoms with Gasteiger partial charge in [-0.1, -0.05) is 27.2 Å². The van der Waals surface area contributed by atoms with Gasteiger partial charge in [-0.3, -0.25) is 0 Å². The third-order valence-electron chi connectivity index (χ3n) is 2.55. The smallest absolute Gasteiger partial charge is 0.400 e. The largest absolute Gasteiger partial charge is 0.409 e. The van der Waals surface area contributed by atoms with E-state index in [0.29, 0.717) is 5.69 Å². The van der Waals surface area contributed by atoms with Gasteiger partial charge in [-0.15, -0.1) is 0 Å². The number of anilines is 1. The molecule has 0 aliphatic carbocycles. The Morgan fingerprint density at radius 1 is 1.53 bits per heavy atom. The Kier molecular flexibility index (Phi) is 5.04. The summed E-state index contributed by atoms with van der Waals surface area (Å²) in [6, 6.07) is 5.08. The van der Waals surface area contributed by atoms with Crippen LogP contribution in [0.5, 0.6) is 0 Å². The molecule has 0 aliphatic rings.